The van der Waals surface area contributed by atoms with E-state index in [1.807, 2.05) is 13.0 Å². The van der Waals surface area contributed by atoms with E-state index in [9.17, 15) is 0 Å². The second-order valence-electron chi connectivity index (χ2n) is 0.644. The molecule has 0 fully saturated rings. The molecule has 25 valence electrons. The van der Waals surface area contributed by atoms with Gasteiger partial charge in [-0.15, -0.1) is 5.70 Å². The molecular formula is C3H5Si2. The van der Waals surface area contributed by atoms with Gasteiger partial charge in [0.05, 0.1) is 0 Å². The van der Waals surface area contributed by atoms with Crippen molar-refractivity contribution in [3.05, 3.63) is 11.8 Å². The standard InChI is InChI=1S/C3H5Si2/c1-2-3-5-4/h2-3H,1H3. The molecule has 0 heterocycles. The zero-order valence-corrected chi connectivity index (χ0v) is 5.15. The van der Waals surface area contributed by atoms with E-state index in [1.54, 1.807) is 0 Å². The molecule has 0 aliphatic heterocycles. The zero-order chi connectivity index (χ0) is 4.12. The lowest BCUT2D eigenvalue weighted by Gasteiger charge is -1.62. The fraction of sp³-hybridized carbons (Fsp3) is 0.333. The van der Waals surface area contributed by atoms with Crippen LogP contribution in [0.3, 0.4) is 0 Å². The summed E-state index contributed by atoms with van der Waals surface area (Å²) in [6, 6.07) is 0. The summed E-state index contributed by atoms with van der Waals surface area (Å²) in [5.41, 5.74) is 2.07. The molecule has 0 aromatic carbocycles. The van der Waals surface area contributed by atoms with Gasteiger partial charge in [0.2, 0.25) is 0 Å². The first kappa shape index (κ1) is 5.17. The predicted octanol–water partition coefficient (Wildman–Crippen LogP) is 0.308. The summed E-state index contributed by atoms with van der Waals surface area (Å²) in [7, 11) is 4.07. The molecule has 5 radical (unpaired) electrons. The molecule has 0 nitrogen and oxygen atoms in total. The van der Waals surface area contributed by atoms with E-state index in [0.717, 1.165) is 9.04 Å². The van der Waals surface area contributed by atoms with Crippen molar-refractivity contribution in [1.29, 1.82) is 0 Å². The molecular weight excluding hydrogens is 92.2 g/mol. The molecule has 5 heavy (non-hydrogen) atoms. The van der Waals surface area contributed by atoms with Crippen molar-refractivity contribution in [2.24, 2.45) is 0 Å². The summed E-state index contributed by atoms with van der Waals surface area (Å²) in [5, 5.41) is 0. The lowest BCUT2D eigenvalue weighted by Crippen LogP contribution is -1.75. The monoisotopic (exact) mass is 97.0 g/mol. The number of hydrogen-bond acceptors (Lipinski definition) is 0. The van der Waals surface area contributed by atoms with Crippen molar-refractivity contribution < 1.29 is 0 Å². The number of allylic oxidation sites excluding steroid dienone is 1. The summed E-state index contributed by atoms with van der Waals surface area (Å²) in [6.07, 6.45) is 2.02. The first-order valence-electron chi connectivity index (χ1n) is 1.45. The molecule has 0 spiro atoms. The normalized spacial score (nSPS) is 10.0. The van der Waals surface area contributed by atoms with Crippen molar-refractivity contribution in [2.75, 3.05) is 0 Å². The third-order valence-corrected chi connectivity index (χ3v) is 1.25. The fourth-order valence-electron chi connectivity index (χ4n) is 0.0833. The van der Waals surface area contributed by atoms with Crippen LogP contribution < -0.4 is 0 Å². The molecule has 0 aromatic heterocycles. The van der Waals surface area contributed by atoms with E-state index in [1.165, 1.54) is 0 Å². The molecule has 0 aromatic rings. The molecule has 0 saturated carbocycles. The maximum Gasteiger partial charge on any atom is 0.0497 e. The topological polar surface area (TPSA) is 0 Å². The van der Waals surface area contributed by atoms with Gasteiger partial charge in [0.1, 0.15) is 0 Å². The Hall–Kier alpha value is 0.174. The first-order valence-corrected chi connectivity index (χ1v) is 4.03. The van der Waals surface area contributed by atoms with Crippen molar-refractivity contribution in [3.8, 4) is 0 Å². The SMILES string of the molecule is CC=C[Si][Si]. The summed E-state index contributed by atoms with van der Waals surface area (Å²) in [5.74, 6) is 0. The molecule has 0 N–H and O–H groups in total. The predicted molar refractivity (Wildman–Crippen MR) is 26.3 cm³/mol. The van der Waals surface area contributed by atoms with Crippen molar-refractivity contribution in [3.63, 3.8) is 0 Å². The van der Waals surface area contributed by atoms with E-state index in [-0.39, 0.29) is 0 Å². The number of rotatable bonds is 1. The van der Waals surface area contributed by atoms with Gasteiger partial charge in [-0.25, -0.2) is 0 Å². The Morgan fingerprint density at radius 3 is 2.40 bits per heavy atom. The van der Waals surface area contributed by atoms with Gasteiger partial charge < -0.3 is 0 Å². The lowest BCUT2D eigenvalue weighted by molar-refractivity contribution is 1.78. The molecule has 0 saturated heterocycles. The van der Waals surface area contributed by atoms with Gasteiger partial charge in [0, 0.05) is 18.8 Å². The van der Waals surface area contributed by atoms with E-state index in [0.29, 0.717) is 0 Å². The second-order valence-corrected chi connectivity index (χ2v) is 2.13. The van der Waals surface area contributed by atoms with Crippen LogP contribution in [-0.4, -0.2) is 18.8 Å². The van der Waals surface area contributed by atoms with Gasteiger partial charge in [-0.2, -0.15) is 0 Å². The Labute approximate surface area is 38.3 Å². The quantitative estimate of drug-likeness (QED) is 0.413. The third-order valence-electron chi connectivity index (χ3n) is 0.250. The Bertz CT molecular complexity index is 31.9. The average Bonchev–Trinajstić information content (AvgIpc) is 1.41. The maximum atomic E-state index is 3.29. The molecule has 0 rings (SSSR count). The van der Waals surface area contributed by atoms with Crippen molar-refractivity contribution in [2.45, 2.75) is 6.92 Å². The Kier molecular flexibility index (Phi) is 4.32. The minimum absolute atomic E-state index is 0.783. The van der Waals surface area contributed by atoms with Crippen LogP contribution in [0.5, 0.6) is 0 Å². The Balaban J connectivity index is 2.62. The highest BCUT2D eigenvalue weighted by atomic mass is 29.1. The van der Waals surface area contributed by atoms with Crippen LogP contribution in [0, 0.1) is 0 Å². The molecule has 0 aliphatic carbocycles. The van der Waals surface area contributed by atoms with Crippen LogP contribution in [0.4, 0.5) is 0 Å². The summed E-state index contributed by atoms with van der Waals surface area (Å²) < 4.78 is 0. The van der Waals surface area contributed by atoms with Crippen molar-refractivity contribution in [1.82, 2.24) is 0 Å². The van der Waals surface area contributed by atoms with Crippen LogP contribution in [0.25, 0.3) is 0 Å². The van der Waals surface area contributed by atoms with Gasteiger partial charge in [-0.3, -0.25) is 0 Å². The molecule has 0 bridgehead atoms. The van der Waals surface area contributed by atoms with Gasteiger partial charge in [-0.05, 0) is 6.92 Å². The van der Waals surface area contributed by atoms with E-state index in [4.69, 9.17) is 0 Å². The van der Waals surface area contributed by atoms with Gasteiger partial charge in [0.15, 0.2) is 0 Å². The smallest absolute Gasteiger partial charge is 0.0497 e. The largest absolute Gasteiger partial charge is 0.107 e. The highest BCUT2D eigenvalue weighted by Crippen LogP contribution is 1.57. The zero-order valence-electron chi connectivity index (χ0n) is 3.15. The van der Waals surface area contributed by atoms with Crippen LogP contribution in [0.1, 0.15) is 6.92 Å². The molecule has 0 aliphatic rings. The highest BCUT2D eigenvalue weighted by molar-refractivity contribution is 6.92. The van der Waals surface area contributed by atoms with Gasteiger partial charge in [0.25, 0.3) is 0 Å². The summed E-state index contributed by atoms with van der Waals surface area (Å²) in [4.78, 5) is 0. The molecule has 2 heteroatoms. The van der Waals surface area contributed by atoms with Crippen LogP contribution in [-0.2, 0) is 0 Å². The third kappa shape index (κ3) is 4.17. The van der Waals surface area contributed by atoms with E-state index < -0.39 is 0 Å². The van der Waals surface area contributed by atoms with Crippen LogP contribution in [0.15, 0.2) is 11.8 Å². The van der Waals surface area contributed by atoms with Crippen molar-refractivity contribution >= 4 is 18.8 Å². The van der Waals surface area contributed by atoms with Crippen LogP contribution in [0.2, 0.25) is 0 Å². The molecule has 0 unspecified atom stereocenters. The minimum Gasteiger partial charge on any atom is -0.107 e. The highest BCUT2D eigenvalue weighted by Gasteiger charge is 1.55. The summed E-state index contributed by atoms with van der Waals surface area (Å²) >= 11 is 0. The minimum atomic E-state index is 0.783. The fourth-order valence-corrected chi connectivity index (χ4v) is 0.750. The van der Waals surface area contributed by atoms with Crippen LogP contribution >= 0.6 is 0 Å². The summed E-state index contributed by atoms with van der Waals surface area (Å²) in [6.45, 7) is 2.01. The van der Waals surface area contributed by atoms with Gasteiger partial charge >= 0.3 is 0 Å². The average molecular weight is 97.2 g/mol. The maximum absolute atomic E-state index is 3.29. The molecule has 0 amide bonds. The first-order chi connectivity index (χ1) is 2.41. The molecule has 0 atom stereocenters. The Morgan fingerprint density at radius 2 is 2.40 bits per heavy atom. The second kappa shape index (κ2) is 4.17. The van der Waals surface area contributed by atoms with Gasteiger partial charge in [-0.1, -0.05) is 6.08 Å². The van der Waals surface area contributed by atoms with E-state index >= 15 is 0 Å². The Morgan fingerprint density at radius 1 is 1.80 bits per heavy atom. The lowest BCUT2D eigenvalue weighted by atomic mass is 10.8. The number of hydrogen-bond donors (Lipinski definition) is 0. The van der Waals surface area contributed by atoms with E-state index in [2.05, 4.69) is 15.5 Å².